The third-order valence-corrected chi connectivity index (χ3v) is 5.19. The number of para-hydroxylation sites is 2. The van der Waals surface area contributed by atoms with Gasteiger partial charge in [-0.3, -0.25) is 10.2 Å². The Balaban J connectivity index is 1.45. The van der Waals surface area contributed by atoms with E-state index in [0.717, 1.165) is 35.6 Å². The predicted molar refractivity (Wildman–Crippen MR) is 94.8 cm³/mol. The van der Waals surface area contributed by atoms with E-state index in [1.807, 2.05) is 29.6 Å². The van der Waals surface area contributed by atoms with Gasteiger partial charge in [0.05, 0.1) is 16.0 Å². The molecule has 1 unspecified atom stereocenters. The largest absolute Gasteiger partial charge is 0.316 e. The quantitative estimate of drug-likeness (QED) is 0.764. The molecule has 1 atom stereocenters. The smallest absolute Gasteiger partial charge is 0.289 e. The fourth-order valence-corrected chi connectivity index (χ4v) is 3.96. The van der Waals surface area contributed by atoms with Crippen LogP contribution in [0.15, 0.2) is 36.0 Å². The van der Waals surface area contributed by atoms with Crippen LogP contribution in [0.4, 0.5) is 0 Å². The molecular formula is C17H19N5OS. The highest BCUT2D eigenvalue weighted by Crippen LogP contribution is 2.19. The summed E-state index contributed by atoms with van der Waals surface area (Å²) in [5.74, 6) is 0.417. The summed E-state index contributed by atoms with van der Waals surface area (Å²) in [5, 5.41) is 6.28. The van der Waals surface area contributed by atoms with Crippen LogP contribution in [0.25, 0.3) is 11.0 Å². The third kappa shape index (κ3) is 3.18. The normalized spacial score (nSPS) is 17.9. The van der Waals surface area contributed by atoms with Crippen LogP contribution >= 0.6 is 11.3 Å². The van der Waals surface area contributed by atoms with Gasteiger partial charge in [-0.1, -0.05) is 12.1 Å². The molecule has 1 saturated heterocycles. The lowest BCUT2D eigenvalue weighted by Gasteiger charge is -2.21. The van der Waals surface area contributed by atoms with Crippen molar-refractivity contribution in [2.45, 2.75) is 19.3 Å². The minimum atomic E-state index is -0.206. The number of nitrogens with zero attached hydrogens (tertiary/aromatic N) is 3. The Bertz CT molecular complexity index is 849. The van der Waals surface area contributed by atoms with E-state index >= 15 is 0 Å². The van der Waals surface area contributed by atoms with Crippen molar-refractivity contribution in [2.75, 3.05) is 18.5 Å². The molecule has 1 amide bonds. The Morgan fingerprint density at radius 3 is 3.21 bits per heavy atom. The zero-order valence-electron chi connectivity index (χ0n) is 13.2. The molecule has 0 spiro atoms. The Kier molecular flexibility index (Phi) is 4.27. The molecule has 2 aromatic heterocycles. The molecule has 1 fully saturated rings. The molecule has 6 nitrogen and oxygen atoms in total. The van der Waals surface area contributed by atoms with Gasteiger partial charge in [-0.25, -0.2) is 14.6 Å². The molecule has 0 saturated carbocycles. The number of imidazole rings is 1. The summed E-state index contributed by atoms with van der Waals surface area (Å²) in [5.41, 5.74) is 5.03. The van der Waals surface area contributed by atoms with Crippen LogP contribution in [0.3, 0.4) is 0 Å². The fraction of sp³-hybridized carbons (Fsp3) is 0.353. The lowest BCUT2D eigenvalue weighted by atomic mass is 9.97. The second kappa shape index (κ2) is 6.70. The van der Waals surface area contributed by atoms with Crippen molar-refractivity contribution in [3.8, 4) is 0 Å². The van der Waals surface area contributed by atoms with Crippen LogP contribution in [0.5, 0.6) is 0 Å². The minimum absolute atomic E-state index is 0.206. The maximum atomic E-state index is 12.4. The summed E-state index contributed by atoms with van der Waals surface area (Å²) in [6.07, 6.45) is 5.01. The Morgan fingerprint density at radius 1 is 1.42 bits per heavy atom. The molecule has 3 heterocycles. The Hall–Kier alpha value is -2.25. The lowest BCUT2D eigenvalue weighted by molar-refractivity contribution is 0.100. The zero-order chi connectivity index (χ0) is 16.4. The molecule has 24 heavy (non-hydrogen) atoms. The number of hydrogen-bond donors (Lipinski definition) is 2. The van der Waals surface area contributed by atoms with Crippen molar-refractivity contribution in [2.24, 2.45) is 5.92 Å². The van der Waals surface area contributed by atoms with E-state index in [2.05, 4.69) is 20.7 Å². The molecule has 124 valence electrons. The number of carbonyl (C=O) groups excluding carboxylic acids is 1. The third-order valence-electron chi connectivity index (χ3n) is 4.32. The summed E-state index contributed by atoms with van der Waals surface area (Å²) in [6, 6.07) is 7.68. The summed E-state index contributed by atoms with van der Waals surface area (Å²) >= 11 is 1.56. The molecule has 0 aliphatic carbocycles. The number of aromatic nitrogens is 3. The molecule has 1 aliphatic rings. The summed E-state index contributed by atoms with van der Waals surface area (Å²) in [6.45, 7) is 2.16. The van der Waals surface area contributed by atoms with Gasteiger partial charge >= 0.3 is 0 Å². The van der Waals surface area contributed by atoms with E-state index in [4.69, 9.17) is 0 Å². The average Bonchev–Trinajstić information content (AvgIpc) is 3.24. The highest BCUT2D eigenvalue weighted by molar-refractivity contribution is 7.09. The predicted octanol–water partition coefficient (Wildman–Crippen LogP) is 2.42. The maximum absolute atomic E-state index is 12.4. The van der Waals surface area contributed by atoms with Crippen molar-refractivity contribution >= 4 is 28.3 Å². The van der Waals surface area contributed by atoms with Gasteiger partial charge in [0.25, 0.3) is 5.91 Å². The molecule has 1 aromatic carbocycles. The van der Waals surface area contributed by atoms with Crippen molar-refractivity contribution in [3.63, 3.8) is 0 Å². The van der Waals surface area contributed by atoms with E-state index in [9.17, 15) is 4.79 Å². The van der Waals surface area contributed by atoms with Gasteiger partial charge in [0, 0.05) is 11.8 Å². The van der Waals surface area contributed by atoms with E-state index in [1.54, 1.807) is 22.3 Å². The van der Waals surface area contributed by atoms with Gasteiger partial charge in [-0.05, 0) is 44.0 Å². The molecule has 7 heteroatoms. The molecule has 0 radical (unpaired) electrons. The monoisotopic (exact) mass is 341 g/mol. The summed E-state index contributed by atoms with van der Waals surface area (Å²) < 4.78 is 1.64. The van der Waals surface area contributed by atoms with Crippen LogP contribution in [-0.4, -0.2) is 33.6 Å². The molecule has 0 bridgehead atoms. The number of fused-ring (bicyclic) bond motifs is 1. The van der Waals surface area contributed by atoms with Gasteiger partial charge in [-0.15, -0.1) is 11.3 Å². The van der Waals surface area contributed by atoms with Crippen LogP contribution in [0.2, 0.25) is 0 Å². The van der Waals surface area contributed by atoms with Crippen LogP contribution in [0, 0.1) is 5.92 Å². The second-order valence-corrected chi connectivity index (χ2v) is 7.03. The number of hydrogen-bond acceptors (Lipinski definition) is 5. The minimum Gasteiger partial charge on any atom is -0.316 e. The fourth-order valence-electron chi connectivity index (χ4n) is 3.07. The Morgan fingerprint density at radius 2 is 2.33 bits per heavy atom. The van der Waals surface area contributed by atoms with E-state index < -0.39 is 0 Å². The van der Waals surface area contributed by atoms with Gasteiger partial charge in [0.1, 0.15) is 12.0 Å². The van der Waals surface area contributed by atoms with Gasteiger partial charge < -0.3 is 5.32 Å². The molecule has 2 N–H and O–H groups in total. The SMILES string of the molecule is O=C(Nn1cnc2ccccc21)c1csc(CC2CCCNC2)n1. The number of rotatable bonds is 4. The van der Waals surface area contributed by atoms with Gasteiger partial charge in [-0.2, -0.15) is 0 Å². The lowest BCUT2D eigenvalue weighted by Crippen LogP contribution is -2.30. The van der Waals surface area contributed by atoms with Crippen LogP contribution < -0.4 is 10.7 Å². The van der Waals surface area contributed by atoms with Crippen LogP contribution in [0.1, 0.15) is 28.3 Å². The number of amides is 1. The summed E-state index contributed by atoms with van der Waals surface area (Å²) in [4.78, 5) is 21.2. The molecule has 4 rings (SSSR count). The average molecular weight is 341 g/mol. The van der Waals surface area contributed by atoms with E-state index in [-0.39, 0.29) is 5.91 Å². The summed E-state index contributed by atoms with van der Waals surface area (Å²) in [7, 11) is 0. The highest BCUT2D eigenvalue weighted by atomic mass is 32.1. The Labute approximate surface area is 143 Å². The number of thiazole rings is 1. The topological polar surface area (TPSA) is 71.8 Å². The van der Waals surface area contributed by atoms with Crippen LogP contribution in [-0.2, 0) is 6.42 Å². The zero-order valence-corrected chi connectivity index (χ0v) is 14.1. The molecule has 3 aromatic rings. The van der Waals surface area contributed by atoms with Crippen molar-refractivity contribution in [3.05, 3.63) is 46.7 Å². The number of nitrogens with one attached hydrogen (secondary N) is 2. The van der Waals surface area contributed by atoms with Crippen molar-refractivity contribution < 1.29 is 4.79 Å². The number of benzene rings is 1. The number of carbonyl (C=O) groups is 1. The second-order valence-electron chi connectivity index (χ2n) is 6.09. The standard InChI is InChI=1S/C17H19N5OS/c23-17(21-22-11-19-13-5-1-2-6-15(13)22)14-10-24-16(20-14)8-12-4-3-7-18-9-12/h1-2,5-6,10-12,18H,3-4,7-9H2,(H,21,23). The first-order valence-corrected chi connectivity index (χ1v) is 9.06. The molecule has 1 aliphatic heterocycles. The van der Waals surface area contributed by atoms with E-state index in [1.165, 1.54) is 12.8 Å². The van der Waals surface area contributed by atoms with Crippen molar-refractivity contribution in [1.29, 1.82) is 0 Å². The number of piperidine rings is 1. The van der Waals surface area contributed by atoms with E-state index in [0.29, 0.717) is 11.6 Å². The van der Waals surface area contributed by atoms with Gasteiger partial charge in [0.2, 0.25) is 0 Å². The first-order valence-electron chi connectivity index (χ1n) is 8.18. The highest BCUT2D eigenvalue weighted by Gasteiger charge is 2.17. The van der Waals surface area contributed by atoms with Crippen molar-refractivity contribution in [1.82, 2.24) is 20.0 Å². The molecular weight excluding hydrogens is 322 g/mol. The maximum Gasteiger partial charge on any atom is 0.289 e. The first kappa shape index (κ1) is 15.3. The first-order chi connectivity index (χ1) is 11.8. The van der Waals surface area contributed by atoms with Gasteiger partial charge in [0.15, 0.2) is 0 Å².